The van der Waals surface area contributed by atoms with Crippen molar-refractivity contribution in [2.75, 3.05) is 20.3 Å². The molecule has 2 N–H and O–H groups in total. The maximum Gasteiger partial charge on any atom is 0.242 e. The van der Waals surface area contributed by atoms with Gasteiger partial charge in [-0.05, 0) is 40.9 Å². The Morgan fingerprint density at radius 1 is 0.917 bits per heavy atom. The maximum atomic E-state index is 13.8. The van der Waals surface area contributed by atoms with E-state index in [1.807, 2.05) is 65.0 Å². The van der Waals surface area contributed by atoms with Crippen LogP contribution in [0.4, 0.5) is 0 Å². The SMILES string of the molecule is CNC(=O)C(NC(=O)C(CC(C)C)CP(=O)(Cc1ccc(Cc2ccccc2)cc1)OC)C(C)(C)C. The summed E-state index contributed by atoms with van der Waals surface area (Å²) < 4.78 is 19.4. The summed E-state index contributed by atoms with van der Waals surface area (Å²) in [7, 11) is -0.132. The van der Waals surface area contributed by atoms with Gasteiger partial charge >= 0.3 is 0 Å². The molecule has 0 aliphatic rings. The van der Waals surface area contributed by atoms with Gasteiger partial charge in [-0.15, -0.1) is 0 Å². The van der Waals surface area contributed by atoms with Crippen molar-refractivity contribution >= 4 is 19.2 Å². The fourth-order valence-corrected chi connectivity index (χ4v) is 6.49. The third kappa shape index (κ3) is 9.22. The maximum absolute atomic E-state index is 13.8. The van der Waals surface area contributed by atoms with Crippen molar-refractivity contribution in [3.63, 3.8) is 0 Å². The molecule has 0 aliphatic carbocycles. The fraction of sp³-hybridized carbons (Fsp3) is 0.517. The van der Waals surface area contributed by atoms with Gasteiger partial charge in [0.05, 0.1) is 0 Å². The van der Waals surface area contributed by atoms with Crippen molar-refractivity contribution in [2.45, 2.75) is 59.7 Å². The van der Waals surface area contributed by atoms with Crippen LogP contribution in [-0.4, -0.2) is 38.2 Å². The summed E-state index contributed by atoms with van der Waals surface area (Å²) in [5.74, 6) is -0.813. The molecule has 198 valence electrons. The van der Waals surface area contributed by atoms with Crippen LogP contribution in [0.25, 0.3) is 0 Å². The smallest absolute Gasteiger partial charge is 0.242 e. The number of amides is 2. The molecule has 0 spiro atoms. The van der Waals surface area contributed by atoms with Crippen LogP contribution in [0, 0.1) is 17.3 Å². The van der Waals surface area contributed by atoms with Gasteiger partial charge in [-0.3, -0.25) is 14.2 Å². The molecule has 2 aromatic carbocycles. The first-order chi connectivity index (χ1) is 16.9. The summed E-state index contributed by atoms with van der Waals surface area (Å²) in [6.45, 7) is 9.79. The van der Waals surface area contributed by atoms with E-state index < -0.39 is 24.7 Å². The summed E-state index contributed by atoms with van der Waals surface area (Å²) in [5, 5.41) is 5.56. The summed E-state index contributed by atoms with van der Waals surface area (Å²) in [4.78, 5) is 25.8. The molecular formula is C29H43N2O4P. The molecule has 0 aliphatic heterocycles. The molecule has 0 saturated carbocycles. The van der Waals surface area contributed by atoms with E-state index in [0.29, 0.717) is 6.42 Å². The molecule has 6 nitrogen and oxygen atoms in total. The molecule has 2 rings (SSSR count). The fourth-order valence-electron chi connectivity index (χ4n) is 4.32. The quantitative estimate of drug-likeness (QED) is 0.359. The standard InChI is InChI=1S/C29H43N2O4P/c1-21(2)17-25(27(32)31-26(28(33)30-6)29(3,4)5)20-36(34,35-7)19-24-15-13-23(14-16-24)18-22-11-9-8-10-12-22/h8-16,21,25-26H,17-20H2,1-7H3,(H,30,33)(H,31,32). The molecule has 0 aromatic heterocycles. The van der Waals surface area contributed by atoms with Crippen LogP contribution in [-0.2, 0) is 31.3 Å². The van der Waals surface area contributed by atoms with Crippen LogP contribution in [0.2, 0.25) is 0 Å². The molecule has 0 radical (unpaired) electrons. The number of rotatable bonds is 12. The molecule has 0 heterocycles. The predicted molar refractivity (Wildman–Crippen MR) is 147 cm³/mol. The first kappa shape index (κ1) is 29.8. The average molecular weight is 515 g/mol. The largest absolute Gasteiger partial charge is 0.357 e. The zero-order valence-corrected chi connectivity index (χ0v) is 23.7. The van der Waals surface area contributed by atoms with E-state index in [4.69, 9.17) is 4.52 Å². The third-order valence-corrected chi connectivity index (χ3v) is 8.83. The number of nitrogens with one attached hydrogen (secondary N) is 2. The van der Waals surface area contributed by atoms with E-state index in [1.165, 1.54) is 18.2 Å². The van der Waals surface area contributed by atoms with Crippen molar-refractivity contribution in [3.8, 4) is 0 Å². The minimum atomic E-state index is -3.15. The summed E-state index contributed by atoms with van der Waals surface area (Å²) in [5.41, 5.74) is 2.86. The first-order valence-electron chi connectivity index (χ1n) is 12.6. The zero-order chi connectivity index (χ0) is 26.9. The van der Waals surface area contributed by atoms with Crippen molar-refractivity contribution in [1.29, 1.82) is 0 Å². The zero-order valence-electron chi connectivity index (χ0n) is 22.8. The number of carbonyl (C=O) groups is 2. The molecule has 36 heavy (non-hydrogen) atoms. The topological polar surface area (TPSA) is 84.5 Å². The molecule has 3 unspecified atom stereocenters. The van der Waals surface area contributed by atoms with Gasteiger partial charge in [0, 0.05) is 32.4 Å². The lowest BCUT2D eigenvalue weighted by Gasteiger charge is -2.32. The van der Waals surface area contributed by atoms with Crippen molar-refractivity contribution in [2.24, 2.45) is 17.3 Å². The Kier molecular flexibility index (Phi) is 10.9. The summed E-state index contributed by atoms with van der Waals surface area (Å²) in [6.07, 6.45) is 1.78. The second-order valence-electron chi connectivity index (χ2n) is 11.1. The Hall–Kier alpha value is -2.43. The Morgan fingerprint density at radius 3 is 1.97 bits per heavy atom. The van der Waals surface area contributed by atoms with Gasteiger partial charge < -0.3 is 15.2 Å². The lowest BCUT2D eigenvalue weighted by atomic mass is 9.85. The number of hydrogen-bond acceptors (Lipinski definition) is 4. The second-order valence-corrected chi connectivity index (χ2v) is 13.7. The number of benzene rings is 2. The number of hydrogen-bond donors (Lipinski definition) is 2. The molecule has 2 aromatic rings. The van der Waals surface area contributed by atoms with Crippen molar-refractivity contribution < 1.29 is 18.7 Å². The molecular weight excluding hydrogens is 471 g/mol. The Bertz CT molecular complexity index is 1030. The van der Waals surface area contributed by atoms with E-state index in [-0.39, 0.29) is 30.1 Å². The van der Waals surface area contributed by atoms with E-state index in [2.05, 4.69) is 34.9 Å². The van der Waals surface area contributed by atoms with Crippen LogP contribution >= 0.6 is 7.37 Å². The summed E-state index contributed by atoms with van der Waals surface area (Å²) in [6, 6.07) is 17.7. The van der Waals surface area contributed by atoms with E-state index in [0.717, 1.165) is 12.0 Å². The predicted octanol–water partition coefficient (Wildman–Crippen LogP) is 5.64. The summed E-state index contributed by atoms with van der Waals surface area (Å²) >= 11 is 0. The van der Waals surface area contributed by atoms with E-state index >= 15 is 0 Å². The molecule has 0 saturated heterocycles. The van der Waals surface area contributed by atoms with Gasteiger partial charge in [-0.25, -0.2) is 0 Å². The van der Waals surface area contributed by atoms with Crippen molar-refractivity contribution in [3.05, 3.63) is 71.3 Å². The lowest BCUT2D eigenvalue weighted by molar-refractivity contribution is -0.133. The average Bonchev–Trinajstić information content (AvgIpc) is 2.82. The van der Waals surface area contributed by atoms with Gasteiger partial charge in [-0.2, -0.15) is 0 Å². The van der Waals surface area contributed by atoms with E-state index in [1.54, 1.807) is 7.05 Å². The highest BCUT2D eigenvalue weighted by Gasteiger charge is 2.37. The molecule has 2 amide bonds. The lowest BCUT2D eigenvalue weighted by Crippen LogP contribution is -2.54. The first-order valence-corrected chi connectivity index (χ1v) is 14.6. The Labute approximate surface area is 217 Å². The minimum Gasteiger partial charge on any atom is -0.357 e. The van der Waals surface area contributed by atoms with Crippen molar-refractivity contribution in [1.82, 2.24) is 10.6 Å². The molecule has 7 heteroatoms. The monoisotopic (exact) mass is 514 g/mol. The van der Waals surface area contributed by atoms with Crippen LogP contribution in [0.1, 0.15) is 57.7 Å². The van der Waals surface area contributed by atoms with E-state index in [9.17, 15) is 14.2 Å². The Balaban J connectivity index is 2.16. The van der Waals surface area contributed by atoms with Crippen LogP contribution in [0.15, 0.2) is 54.6 Å². The molecule has 0 bridgehead atoms. The van der Waals surface area contributed by atoms with Gasteiger partial charge in [0.15, 0.2) is 0 Å². The minimum absolute atomic E-state index is 0.129. The highest BCUT2D eigenvalue weighted by Crippen LogP contribution is 2.51. The van der Waals surface area contributed by atoms with Gasteiger partial charge in [0.25, 0.3) is 0 Å². The third-order valence-electron chi connectivity index (χ3n) is 6.32. The molecule has 0 fully saturated rings. The number of likely N-dealkylation sites (N-methyl/N-ethyl adjacent to an activating group) is 1. The van der Waals surface area contributed by atoms with Crippen LogP contribution < -0.4 is 10.6 Å². The second kappa shape index (κ2) is 13.2. The normalized spacial score (nSPS) is 15.1. The van der Waals surface area contributed by atoms with Gasteiger partial charge in [-0.1, -0.05) is 89.2 Å². The van der Waals surface area contributed by atoms with Gasteiger partial charge in [0.2, 0.25) is 19.2 Å². The highest BCUT2D eigenvalue weighted by molar-refractivity contribution is 7.58. The Morgan fingerprint density at radius 2 is 1.47 bits per heavy atom. The van der Waals surface area contributed by atoms with Crippen LogP contribution in [0.5, 0.6) is 0 Å². The number of carbonyl (C=O) groups excluding carboxylic acids is 2. The highest BCUT2D eigenvalue weighted by atomic mass is 31.2. The van der Waals surface area contributed by atoms with Gasteiger partial charge in [0.1, 0.15) is 6.04 Å². The molecule has 3 atom stereocenters. The van der Waals surface area contributed by atoms with Crippen LogP contribution in [0.3, 0.4) is 0 Å².